The lowest BCUT2D eigenvalue weighted by atomic mass is 9.95. The monoisotopic (exact) mass is 308 g/mol. The van der Waals surface area contributed by atoms with Crippen molar-refractivity contribution >= 4 is 5.91 Å². The Bertz CT molecular complexity index is 651. The molecular weight excluding hydrogens is 284 g/mol. The van der Waals surface area contributed by atoms with Crippen LogP contribution in [0.1, 0.15) is 29.5 Å². The molecule has 3 rings (SSSR count). The van der Waals surface area contributed by atoms with Gasteiger partial charge in [-0.2, -0.15) is 0 Å². The van der Waals surface area contributed by atoms with Gasteiger partial charge in [0.1, 0.15) is 0 Å². The van der Waals surface area contributed by atoms with E-state index in [0.29, 0.717) is 13.0 Å². The Morgan fingerprint density at radius 1 is 1.04 bits per heavy atom. The molecule has 0 bridgehead atoms. The average molecular weight is 308 g/mol. The van der Waals surface area contributed by atoms with Gasteiger partial charge in [-0.15, -0.1) is 0 Å². The zero-order chi connectivity index (χ0) is 16.2. The fourth-order valence-electron chi connectivity index (χ4n) is 3.26. The van der Waals surface area contributed by atoms with Gasteiger partial charge in [0, 0.05) is 25.0 Å². The van der Waals surface area contributed by atoms with Gasteiger partial charge in [-0.05, 0) is 23.1 Å². The summed E-state index contributed by atoms with van der Waals surface area (Å²) >= 11 is 0. The third-order valence-corrected chi connectivity index (χ3v) is 4.73. The van der Waals surface area contributed by atoms with E-state index in [-0.39, 0.29) is 17.9 Å². The summed E-state index contributed by atoms with van der Waals surface area (Å²) in [5.41, 5.74) is 9.87. The summed E-state index contributed by atoms with van der Waals surface area (Å²) in [4.78, 5) is 14.5. The molecule has 0 unspecified atom stereocenters. The van der Waals surface area contributed by atoms with Crippen molar-refractivity contribution in [1.29, 1.82) is 0 Å². The van der Waals surface area contributed by atoms with Gasteiger partial charge >= 0.3 is 0 Å². The van der Waals surface area contributed by atoms with Crippen LogP contribution in [0, 0.1) is 0 Å². The Morgan fingerprint density at radius 3 is 2.35 bits per heavy atom. The molecule has 0 radical (unpaired) electrons. The molecule has 120 valence electrons. The molecule has 0 spiro atoms. The molecule has 0 saturated carbocycles. The number of nitrogens with two attached hydrogens (primary N) is 1. The maximum absolute atomic E-state index is 12.6. The van der Waals surface area contributed by atoms with Crippen LogP contribution < -0.4 is 5.73 Å². The van der Waals surface area contributed by atoms with Crippen molar-refractivity contribution in [2.24, 2.45) is 5.73 Å². The standard InChI is InChI=1S/C20H24N2O/c1-2-15-8-10-16(11-9-15)12-20(23)22-13-18(19(21)14-22)17-6-4-3-5-7-17/h3-11,18-19H,2,12-14,21H2,1H3/t18-,19+/m0/s1. The van der Waals surface area contributed by atoms with Crippen LogP contribution in [0.5, 0.6) is 0 Å². The smallest absolute Gasteiger partial charge is 0.227 e. The topological polar surface area (TPSA) is 46.3 Å². The van der Waals surface area contributed by atoms with E-state index in [2.05, 4.69) is 43.3 Å². The lowest BCUT2D eigenvalue weighted by molar-refractivity contribution is -0.129. The molecule has 2 atom stereocenters. The van der Waals surface area contributed by atoms with Crippen molar-refractivity contribution in [1.82, 2.24) is 4.90 Å². The Hall–Kier alpha value is -2.13. The first kappa shape index (κ1) is 15.8. The minimum absolute atomic E-state index is 0.0174. The summed E-state index contributed by atoms with van der Waals surface area (Å²) in [6.45, 7) is 3.50. The fraction of sp³-hybridized carbons (Fsp3) is 0.350. The summed E-state index contributed by atoms with van der Waals surface area (Å²) in [6.07, 6.45) is 1.48. The van der Waals surface area contributed by atoms with Crippen LogP contribution in [0.4, 0.5) is 0 Å². The highest BCUT2D eigenvalue weighted by Gasteiger charge is 2.33. The predicted octanol–water partition coefficient (Wildman–Crippen LogP) is 2.74. The molecule has 2 aromatic rings. The van der Waals surface area contributed by atoms with Gasteiger partial charge in [0.25, 0.3) is 0 Å². The lowest BCUT2D eigenvalue weighted by Gasteiger charge is -2.16. The first-order valence-corrected chi connectivity index (χ1v) is 8.33. The second kappa shape index (κ2) is 6.97. The first-order chi connectivity index (χ1) is 11.2. The second-order valence-electron chi connectivity index (χ2n) is 6.33. The average Bonchev–Trinajstić information content (AvgIpc) is 2.98. The molecule has 1 fully saturated rings. The summed E-state index contributed by atoms with van der Waals surface area (Å²) in [6, 6.07) is 18.6. The third-order valence-electron chi connectivity index (χ3n) is 4.73. The van der Waals surface area contributed by atoms with E-state index in [0.717, 1.165) is 18.5 Å². The van der Waals surface area contributed by atoms with Crippen LogP contribution in [0.2, 0.25) is 0 Å². The highest BCUT2D eigenvalue weighted by molar-refractivity contribution is 5.79. The number of nitrogens with zero attached hydrogens (tertiary/aromatic N) is 1. The van der Waals surface area contributed by atoms with Crippen LogP contribution in [0.25, 0.3) is 0 Å². The minimum Gasteiger partial charge on any atom is -0.340 e. The maximum atomic E-state index is 12.6. The van der Waals surface area contributed by atoms with Crippen LogP contribution in [0.15, 0.2) is 54.6 Å². The number of aryl methyl sites for hydroxylation is 1. The van der Waals surface area contributed by atoms with Gasteiger partial charge in [0.05, 0.1) is 6.42 Å². The summed E-state index contributed by atoms with van der Waals surface area (Å²) in [5.74, 6) is 0.408. The van der Waals surface area contributed by atoms with Crippen molar-refractivity contribution in [2.75, 3.05) is 13.1 Å². The molecule has 0 aromatic heterocycles. The van der Waals surface area contributed by atoms with E-state index in [1.54, 1.807) is 0 Å². The van der Waals surface area contributed by atoms with Crippen molar-refractivity contribution in [2.45, 2.75) is 31.7 Å². The highest BCUT2D eigenvalue weighted by atomic mass is 16.2. The Kier molecular flexibility index (Phi) is 4.77. The molecule has 3 heteroatoms. The molecular formula is C20H24N2O. The molecule has 3 nitrogen and oxygen atoms in total. The molecule has 1 aliphatic heterocycles. The quantitative estimate of drug-likeness (QED) is 0.944. The van der Waals surface area contributed by atoms with E-state index in [4.69, 9.17) is 5.73 Å². The molecule has 2 aromatic carbocycles. The van der Waals surface area contributed by atoms with Gasteiger partial charge in [0.2, 0.25) is 5.91 Å². The molecule has 0 aliphatic carbocycles. The van der Waals surface area contributed by atoms with Crippen LogP contribution in [-0.2, 0) is 17.6 Å². The Morgan fingerprint density at radius 2 is 1.70 bits per heavy atom. The van der Waals surface area contributed by atoms with Crippen LogP contribution in [-0.4, -0.2) is 29.9 Å². The normalized spacial score (nSPS) is 20.7. The molecule has 1 aliphatic rings. The number of carbonyl (C=O) groups is 1. The first-order valence-electron chi connectivity index (χ1n) is 8.33. The van der Waals surface area contributed by atoms with E-state index in [1.807, 2.05) is 23.1 Å². The number of hydrogen-bond donors (Lipinski definition) is 1. The van der Waals surface area contributed by atoms with Crippen molar-refractivity contribution in [3.8, 4) is 0 Å². The molecule has 2 N–H and O–H groups in total. The summed E-state index contributed by atoms with van der Waals surface area (Å²) in [7, 11) is 0. The maximum Gasteiger partial charge on any atom is 0.227 e. The molecule has 23 heavy (non-hydrogen) atoms. The largest absolute Gasteiger partial charge is 0.340 e. The van der Waals surface area contributed by atoms with Crippen molar-refractivity contribution in [3.05, 3.63) is 71.3 Å². The number of rotatable bonds is 4. The highest BCUT2D eigenvalue weighted by Crippen LogP contribution is 2.26. The summed E-state index contributed by atoms with van der Waals surface area (Å²) in [5, 5.41) is 0. The Balaban J connectivity index is 1.64. The molecule has 1 amide bonds. The number of amides is 1. The Labute approximate surface area is 138 Å². The second-order valence-corrected chi connectivity index (χ2v) is 6.33. The SMILES string of the molecule is CCc1ccc(CC(=O)N2C[C@@H](N)[C@H](c3ccccc3)C2)cc1. The predicted molar refractivity (Wildman–Crippen MR) is 93.3 cm³/mol. The number of likely N-dealkylation sites (tertiary alicyclic amines) is 1. The lowest BCUT2D eigenvalue weighted by Crippen LogP contribution is -2.33. The number of benzene rings is 2. The summed E-state index contributed by atoms with van der Waals surface area (Å²) < 4.78 is 0. The number of hydrogen-bond acceptors (Lipinski definition) is 2. The van der Waals surface area contributed by atoms with Crippen molar-refractivity contribution < 1.29 is 4.79 Å². The number of carbonyl (C=O) groups excluding carboxylic acids is 1. The van der Waals surface area contributed by atoms with E-state index in [1.165, 1.54) is 11.1 Å². The van der Waals surface area contributed by atoms with Gasteiger partial charge in [-0.25, -0.2) is 0 Å². The molecule has 1 saturated heterocycles. The van der Waals surface area contributed by atoms with Crippen LogP contribution in [0.3, 0.4) is 0 Å². The zero-order valence-corrected chi connectivity index (χ0v) is 13.6. The van der Waals surface area contributed by atoms with E-state index in [9.17, 15) is 4.79 Å². The fourth-order valence-corrected chi connectivity index (χ4v) is 3.26. The molecule has 1 heterocycles. The minimum atomic E-state index is 0.0174. The van der Waals surface area contributed by atoms with E-state index >= 15 is 0 Å². The third kappa shape index (κ3) is 3.62. The van der Waals surface area contributed by atoms with Gasteiger partial charge in [-0.1, -0.05) is 61.5 Å². The van der Waals surface area contributed by atoms with Gasteiger partial charge in [0.15, 0.2) is 0 Å². The van der Waals surface area contributed by atoms with Gasteiger partial charge < -0.3 is 10.6 Å². The van der Waals surface area contributed by atoms with Crippen LogP contribution >= 0.6 is 0 Å². The van der Waals surface area contributed by atoms with E-state index < -0.39 is 0 Å². The zero-order valence-electron chi connectivity index (χ0n) is 13.6. The van der Waals surface area contributed by atoms with Crippen molar-refractivity contribution in [3.63, 3.8) is 0 Å². The van der Waals surface area contributed by atoms with Gasteiger partial charge in [-0.3, -0.25) is 4.79 Å².